The number of hydrogen-bond donors (Lipinski definition) is 1. The number of benzene rings is 1. The Morgan fingerprint density at radius 3 is 3.12 bits per heavy atom. The third-order valence-electron chi connectivity index (χ3n) is 2.79. The van der Waals surface area contributed by atoms with Crippen molar-refractivity contribution in [2.75, 3.05) is 25.1 Å². The number of ether oxygens (including phenoxy) is 1. The van der Waals surface area contributed by atoms with Crippen molar-refractivity contribution in [2.24, 2.45) is 5.92 Å². The minimum atomic E-state index is -0.374. The van der Waals surface area contributed by atoms with Crippen LogP contribution in [-0.4, -0.2) is 19.8 Å². The van der Waals surface area contributed by atoms with Crippen molar-refractivity contribution in [3.05, 3.63) is 29.0 Å². The first-order valence-electron chi connectivity index (χ1n) is 5.53. The minimum absolute atomic E-state index is 0.157. The van der Waals surface area contributed by atoms with Crippen LogP contribution in [0.3, 0.4) is 0 Å². The van der Waals surface area contributed by atoms with Crippen LogP contribution in [0.4, 0.5) is 10.1 Å². The number of rotatable bonds is 3. The Hall–Kier alpha value is -0.800. The Balaban J connectivity index is 1.91. The number of nitrogens with one attached hydrogen (secondary N) is 1. The Labute approximate surface area is 99.7 Å². The molecule has 0 amide bonds. The highest BCUT2D eigenvalue weighted by atomic mass is 35.5. The third-order valence-corrected chi connectivity index (χ3v) is 3.08. The van der Waals surface area contributed by atoms with Crippen molar-refractivity contribution in [2.45, 2.75) is 12.8 Å². The summed E-state index contributed by atoms with van der Waals surface area (Å²) in [5, 5.41) is 3.24. The maximum atomic E-state index is 13.5. The van der Waals surface area contributed by atoms with Gasteiger partial charge in [0.05, 0.1) is 17.3 Å². The zero-order valence-electron chi connectivity index (χ0n) is 9.01. The Kier molecular flexibility index (Phi) is 4.02. The SMILES string of the molecule is Fc1c(Cl)cccc1NCC1CCCOC1. The summed E-state index contributed by atoms with van der Waals surface area (Å²) in [7, 11) is 0. The smallest absolute Gasteiger partial charge is 0.164 e. The van der Waals surface area contributed by atoms with Crippen molar-refractivity contribution in [1.82, 2.24) is 0 Å². The molecule has 1 aromatic rings. The van der Waals surface area contributed by atoms with Crippen LogP contribution >= 0.6 is 11.6 Å². The third kappa shape index (κ3) is 2.86. The number of anilines is 1. The van der Waals surface area contributed by atoms with Gasteiger partial charge in [-0.25, -0.2) is 4.39 Å². The molecule has 0 aliphatic carbocycles. The standard InChI is InChI=1S/C12H15ClFNO/c13-10-4-1-5-11(12(10)14)15-7-9-3-2-6-16-8-9/h1,4-5,9,15H,2-3,6-8H2. The van der Waals surface area contributed by atoms with E-state index in [4.69, 9.17) is 16.3 Å². The summed E-state index contributed by atoms with van der Waals surface area (Å²) in [6.45, 7) is 2.34. The van der Waals surface area contributed by atoms with Gasteiger partial charge in [0.15, 0.2) is 5.82 Å². The van der Waals surface area contributed by atoms with Crippen LogP contribution in [-0.2, 0) is 4.74 Å². The summed E-state index contributed by atoms with van der Waals surface area (Å²) < 4.78 is 18.9. The lowest BCUT2D eigenvalue weighted by Crippen LogP contribution is -2.24. The highest BCUT2D eigenvalue weighted by molar-refractivity contribution is 6.31. The molecule has 1 saturated heterocycles. The van der Waals surface area contributed by atoms with Gasteiger partial charge in [0, 0.05) is 13.2 Å². The molecule has 1 heterocycles. The van der Waals surface area contributed by atoms with Gasteiger partial charge in [-0.2, -0.15) is 0 Å². The molecule has 2 rings (SSSR count). The van der Waals surface area contributed by atoms with Crippen molar-refractivity contribution in [3.63, 3.8) is 0 Å². The second kappa shape index (κ2) is 5.51. The van der Waals surface area contributed by atoms with Gasteiger partial charge in [-0.1, -0.05) is 17.7 Å². The van der Waals surface area contributed by atoms with Gasteiger partial charge in [0.25, 0.3) is 0 Å². The molecule has 4 heteroatoms. The van der Waals surface area contributed by atoms with Crippen LogP contribution < -0.4 is 5.32 Å². The first-order chi connectivity index (χ1) is 7.77. The predicted octanol–water partition coefficient (Wildman–Crippen LogP) is 3.32. The fourth-order valence-corrected chi connectivity index (χ4v) is 2.04. The van der Waals surface area contributed by atoms with Crippen LogP contribution in [0.1, 0.15) is 12.8 Å². The molecule has 1 N–H and O–H groups in total. The molecule has 1 atom stereocenters. The topological polar surface area (TPSA) is 21.3 Å². The second-order valence-corrected chi connectivity index (χ2v) is 4.47. The highest BCUT2D eigenvalue weighted by Crippen LogP contribution is 2.23. The van der Waals surface area contributed by atoms with E-state index < -0.39 is 0 Å². The van der Waals surface area contributed by atoms with Crippen LogP contribution in [0, 0.1) is 11.7 Å². The first kappa shape index (κ1) is 11.7. The lowest BCUT2D eigenvalue weighted by Gasteiger charge is -2.22. The van der Waals surface area contributed by atoms with Crippen LogP contribution in [0.15, 0.2) is 18.2 Å². The van der Waals surface area contributed by atoms with E-state index in [-0.39, 0.29) is 10.8 Å². The van der Waals surface area contributed by atoms with E-state index in [1.807, 2.05) is 0 Å². The van der Waals surface area contributed by atoms with Gasteiger partial charge in [-0.15, -0.1) is 0 Å². The normalized spacial score (nSPS) is 20.8. The van der Waals surface area contributed by atoms with Gasteiger partial charge < -0.3 is 10.1 Å². The molecular weight excluding hydrogens is 229 g/mol. The molecule has 1 aliphatic rings. The summed E-state index contributed by atoms with van der Waals surface area (Å²) in [6.07, 6.45) is 2.22. The molecule has 0 aromatic heterocycles. The molecule has 1 aromatic carbocycles. The van der Waals surface area contributed by atoms with E-state index in [9.17, 15) is 4.39 Å². The van der Waals surface area contributed by atoms with Crippen LogP contribution in [0.2, 0.25) is 5.02 Å². The summed E-state index contributed by atoms with van der Waals surface area (Å²) in [4.78, 5) is 0. The highest BCUT2D eigenvalue weighted by Gasteiger charge is 2.14. The molecule has 1 fully saturated rings. The molecule has 2 nitrogen and oxygen atoms in total. The van der Waals surface area contributed by atoms with Crippen molar-refractivity contribution < 1.29 is 9.13 Å². The maximum absolute atomic E-state index is 13.5. The quantitative estimate of drug-likeness (QED) is 0.880. The lowest BCUT2D eigenvalue weighted by atomic mass is 10.0. The van der Waals surface area contributed by atoms with E-state index in [1.165, 1.54) is 0 Å². The van der Waals surface area contributed by atoms with Crippen molar-refractivity contribution >= 4 is 17.3 Å². The van der Waals surface area contributed by atoms with Crippen LogP contribution in [0.5, 0.6) is 0 Å². The zero-order valence-corrected chi connectivity index (χ0v) is 9.77. The average Bonchev–Trinajstić information content (AvgIpc) is 2.32. The Morgan fingerprint density at radius 1 is 1.50 bits per heavy atom. The number of hydrogen-bond acceptors (Lipinski definition) is 2. The van der Waals surface area contributed by atoms with E-state index in [1.54, 1.807) is 18.2 Å². The van der Waals surface area contributed by atoms with Crippen molar-refractivity contribution in [1.29, 1.82) is 0 Å². The van der Waals surface area contributed by atoms with E-state index >= 15 is 0 Å². The Morgan fingerprint density at radius 2 is 2.38 bits per heavy atom. The summed E-state index contributed by atoms with van der Waals surface area (Å²) in [6, 6.07) is 4.99. The largest absolute Gasteiger partial charge is 0.382 e. The molecule has 0 spiro atoms. The fourth-order valence-electron chi connectivity index (χ4n) is 1.86. The Bertz CT molecular complexity index is 353. The van der Waals surface area contributed by atoms with E-state index in [0.29, 0.717) is 11.6 Å². The van der Waals surface area contributed by atoms with Crippen molar-refractivity contribution in [3.8, 4) is 0 Å². The van der Waals surface area contributed by atoms with E-state index in [0.717, 1.165) is 32.6 Å². The molecule has 0 radical (unpaired) electrons. The summed E-state index contributed by atoms with van der Waals surface area (Å²) in [5.41, 5.74) is 0.470. The van der Waals surface area contributed by atoms with Gasteiger partial charge in [-0.3, -0.25) is 0 Å². The van der Waals surface area contributed by atoms with Gasteiger partial charge in [0.1, 0.15) is 0 Å². The predicted molar refractivity (Wildman–Crippen MR) is 63.4 cm³/mol. The molecule has 0 bridgehead atoms. The summed E-state index contributed by atoms with van der Waals surface area (Å²) >= 11 is 5.70. The molecule has 88 valence electrons. The lowest BCUT2D eigenvalue weighted by molar-refractivity contribution is 0.0595. The van der Waals surface area contributed by atoms with E-state index in [2.05, 4.69) is 5.32 Å². The molecule has 1 aliphatic heterocycles. The zero-order chi connectivity index (χ0) is 11.4. The molecule has 16 heavy (non-hydrogen) atoms. The second-order valence-electron chi connectivity index (χ2n) is 4.07. The summed E-state index contributed by atoms with van der Waals surface area (Å²) in [5.74, 6) is 0.0908. The minimum Gasteiger partial charge on any atom is -0.382 e. The van der Waals surface area contributed by atoms with Crippen LogP contribution in [0.25, 0.3) is 0 Å². The molecule has 1 unspecified atom stereocenters. The van der Waals surface area contributed by atoms with Gasteiger partial charge in [0.2, 0.25) is 0 Å². The fraction of sp³-hybridized carbons (Fsp3) is 0.500. The number of halogens is 2. The van der Waals surface area contributed by atoms with Gasteiger partial charge in [-0.05, 0) is 30.9 Å². The van der Waals surface area contributed by atoms with Gasteiger partial charge >= 0.3 is 0 Å². The first-order valence-corrected chi connectivity index (χ1v) is 5.91. The molecular formula is C12H15ClFNO. The average molecular weight is 244 g/mol. The monoisotopic (exact) mass is 243 g/mol. The molecule has 0 saturated carbocycles. The maximum Gasteiger partial charge on any atom is 0.164 e.